The van der Waals surface area contributed by atoms with Gasteiger partial charge in [-0.3, -0.25) is 14.4 Å². The molecular formula is C22H44N6O4. The number of hydrogen-bond donors (Lipinski definition) is 6. The van der Waals surface area contributed by atoms with Crippen molar-refractivity contribution < 1.29 is 19.2 Å². The molecular weight excluding hydrogens is 412 g/mol. The molecule has 0 bridgehead atoms. The number of carbonyl (C=O) groups is 4. The van der Waals surface area contributed by atoms with Crippen LogP contribution < -0.4 is 32.3 Å². The quantitative estimate of drug-likeness (QED) is 0.185. The summed E-state index contributed by atoms with van der Waals surface area (Å²) < 4.78 is 0. The normalized spacial score (nSPS) is 14.2. The van der Waals surface area contributed by atoms with Crippen LogP contribution in [0.3, 0.4) is 0 Å². The molecule has 7 N–H and O–H groups in total. The third kappa shape index (κ3) is 12.6. The number of hydrogen-bond acceptors (Lipinski definition) is 6. The van der Waals surface area contributed by atoms with E-state index < -0.39 is 30.1 Å². The zero-order chi connectivity index (χ0) is 24.8. The predicted molar refractivity (Wildman–Crippen MR) is 126 cm³/mol. The van der Waals surface area contributed by atoms with E-state index in [9.17, 15) is 19.2 Å². The Balaban J connectivity index is 5.21. The van der Waals surface area contributed by atoms with Crippen LogP contribution in [0, 0.1) is 5.92 Å². The van der Waals surface area contributed by atoms with Crippen LogP contribution in [0.2, 0.25) is 0 Å². The van der Waals surface area contributed by atoms with E-state index in [1.165, 1.54) is 0 Å². The summed E-state index contributed by atoms with van der Waals surface area (Å²) in [4.78, 5) is 49.1. The third-order valence-electron chi connectivity index (χ3n) is 4.85. The van der Waals surface area contributed by atoms with Crippen LogP contribution in [0.4, 0.5) is 4.79 Å². The topological polar surface area (TPSA) is 154 Å². The van der Waals surface area contributed by atoms with Gasteiger partial charge >= 0.3 is 6.03 Å². The maximum atomic E-state index is 13.0. The van der Waals surface area contributed by atoms with E-state index in [0.717, 1.165) is 0 Å². The van der Waals surface area contributed by atoms with E-state index in [-0.39, 0.29) is 36.1 Å². The molecule has 0 saturated carbocycles. The third-order valence-corrected chi connectivity index (χ3v) is 4.85. The maximum Gasteiger partial charge on any atom is 0.312 e. The molecule has 0 aliphatic rings. The van der Waals surface area contributed by atoms with E-state index in [1.807, 2.05) is 41.5 Å². The Bertz CT molecular complexity index is 609. The number of nitrogens with two attached hydrogens (primary N) is 1. The molecule has 0 aromatic rings. The molecule has 186 valence electrons. The van der Waals surface area contributed by atoms with Gasteiger partial charge < -0.3 is 32.3 Å². The number of amides is 4. The maximum absolute atomic E-state index is 13.0. The van der Waals surface area contributed by atoms with Crippen LogP contribution >= 0.6 is 0 Å². The van der Waals surface area contributed by atoms with E-state index >= 15 is 0 Å². The van der Waals surface area contributed by atoms with E-state index in [2.05, 4.69) is 26.6 Å². The van der Waals surface area contributed by atoms with Crippen molar-refractivity contribution in [2.45, 2.75) is 97.9 Å². The van der Waals surface area contributed by atoms with Crippen LogP contribution in [-0.2, 0) is 14.4 Å². The predicted octanol–water partition coefficient (Wildman–Crippen LogP) is 0.404. The van der Waals surface area contributed by atoms with Crippen molar-refractivity contribution in [3.63, 3.8) is 0 Å². The largest absolute Gasteiger partial charge is 0.352 e. The number of Topliss-reactive ketones (excluding diaryl/α,β-unsaturated/α-hetero) is 1. The molecule has 0 radical (unpaired) electrons. The minimum absolute atomic E-state index is 0.0895. The second-order valence-corrected chi connectivity index (χ2v) is 8.98. The molecule has 0 aliphatic heterocycles. The zero-order valence-electron chi connectivity index (χ0n) is 20.7. The first-order valence-electron chi connectivity index (χ1n) is 11.5. The van der Waals surface area contributed by atoms with Gasteiger partial charge in [0.1, 0.15) is 6.04 Å². The molecule has 32 heavy (non-hydrogen) atoms. The summed E-state index contributed by atoms with van der Waals surface area (Å²) in [5.74, 6) is -0.954. The highest BCUT2D eigenvalue weighted by atomic mass is 16.2. The fourth-order valence-electron chi connectivity index (χ4n) is 3.11. The number of primary amides is 1. The molecule has 0 aliphatic carbocycles. The number of ketones is 1. The SMILES string of the molecule is CCC(=O)[C@H](CCCNC(N)=O)NC(=O)[C@@H](NC(=O)[C@H](CNC(C)C)NC(C)C)C(C)C. The molecule has 10 heteroatoms. The van der Waals surface area contributed by atoms with Crippen molar-refractivity contribution in [2.24, 2.45) is 11.7 Å². The summed E-state index contributed by atoms with van der Waals surface area (Å²) in [6, 6.07) is -2.30. The molecule has 10 nitrogen and oxygen atoms in total. The van der Waals surface area contributed by atoms with Gasteiger partial charge in [-0.25, -0.2) is 4.79 Å². The molecule has 4 amide bonds. The zero-order valence-corrected chi connectivity index (χ0v) is 20.7. The molecule has 0 unspecified atom stereocenters. The minimum Gasteiger partial charge on any atom is -0.352 e. The van der Waals surface area contributed by atoms with Gasteiger partial charge in [-0.05, 0) is 18.8 Å². The molecule has 3 atom stereocenters. The van der Waals surface area contributed by atoms with E-state index in [1.54, 1.807) is 6.92 Å². The van der Waals surface area contributed by atoms with Gasteiger partial charge in [0, 0.05) is 31.6 Å². The molecule has 0 aromatic carbocycles. The van der Waals surface area contributed by atoms with Gasteiger partial charge in [-0.2, -0.15) is 0 Å². The molecule has 0 heterocycles. The Labute approximate surface area is 192 Å². The first kappa shape index (κ1) is 29.8. The average molecular weight is 457 g/mol. The number of nitrogens with one attached hydrogen (secondary N) is 5. The van der Waals surface area contributed by atoms with Crippen LogP contribution in [-0.4, -0.2) is 66.9 Å². The molecule has 0 saturated heterocycles. The van der Waals surface area contributed by atoms with Gasteiger partial charge in [-0.1, -0.05) is 48.5 Å². The highest BCUT2D eigenvalue weighted by Crippen LogP contribution is 2.07. The average Bonchev–Trinajstić information content (AvgIpc) is 2.69. The van der Waals surface area contributed by atoms with Crippen LogP contribution in [0.5, 0.6) is 0 Å². The summed E-state index contributed by atoms with van der Waals surface area (Å²) in [6.45, 7) is 14.1. The Hall–Kier alpha value is -2.20. The first-order valence-corrected chi connectivity index (χ1v) is 11.5. The minimum atomic E-state index is -0.783. The standard InChI is InChI=1S/C22H44N6O4/c1-8-18(29)16(10-9-11-24-22(23)32)27-21(31)19(13(2)3)28-20(30)17(26-15(6)7)12-25-14(4)5/h13-17,19,25-26H,8-12H2,1-7H3,(H,27,31)(H,28,30)(H3,23,24,32)/t16-,17-,19-/m0/s1. The van der Waals surface area contributed by atoms with E-state index in [4.69, 9.17) is 5.73 Å². The lowest BCUT2D eigenvalue weighted by molar-refractivity contribution is -0.133. The van der Waals surface area contributed by atoms with Crippen molar-refractivity contribution >= 4 is 23.6 Å². The number of carbonyl (C=O) groups excluding carboxylic acids is 4. The van der Waals surface area contributed by atoms with Crippen LogP contribution in [0.15, 0.2) is 0 Å². The van der Waals surface area contributed by atoms with Crippen molar-refractivity contribution in [1.29, 1.82) is 0 Å². The Morgan fingerprint density at radius 1 is 0.844 bits per heavy atom. The van der Waals surface area contributed by atoms with Gasteiger partial charge in [-0.15, -0.1) is 0 Å². The molecule has 0 spiro atoms. The smallest absolute Gasteiger partial charge is 0.312 e. The summed E-state index contributed by atoms with van der Waals surface area (Å²) >= 11 is 0. The Kier molecular flexibility index (Phi) is 14.5. The highest BCUT2D eigenvalue weighted by Gasteiger charge is 2.30. The monoisotopic (exact) mass is 456 g/mol. The number of rotatable bonds is 16. The van der Waals surface area contributed by atoms with Gasteiger partial charge in [0.15, 0.2) is 5.78 Å². The lowest BCUT2D eigenvalue weighted by Crippen LogP contribution is -2.59. The fourth-order valence-corrected chi connectivity index (χ4v) is 3.11. The lowest BCUT2D eigenvalue weighted by Gasteiger charge is -2.28. The molecule has 0 rings (SSSR count). The van der Waals surface area contributed by atoms with Crippen molar-refractivity contribution in [2.75, 3.05) is 13.1 Å². The van der Waals surface area contributed by atoms with Crippen molar-refractivity contribution in [3.8, 4) is 0 Å². The molecule has 0 fully saturated rings. The summed E-state index contributed by atoms with van der Waals surface area (Å²) in [6.07, 6.45) is 1.13. The van der Waals surface area contributed by atoms with Gasteiger partial charge in [0.05, 0.1) is 12.1 Å². The van der Waals surface area contributed by atoms with E-state index in [0.29, 0.717) is 25.9 Å². The Morgan fingerprint density at radius 3 is 1.94 bits per heavy atom. The summed E-state index contributed by atoms with van der Waals surface area (Å²) in [5, 5.41) is 14.6. The lowest BCUT2D eigenvalue weighted by atomic mass is 10.00. The fraction of sp³-hybridized carbons (Fsp3) is 0.818. The van der Waals surface area contributed by atoms with Crippen molar-refractivity contribution in [3.05, 3.63) is 0 Å². The Morgan fingerprint density at radius 2 is 1.47 bits per heavy atom. The summed E-state index contributed by atoms with van der Waals surface area (Å²) in [5.41, 5.74) is 5.05. The van der Waals surface area contributed by atoms with Crippen LogP contribution in [0.25, 0.3) is 0 Å². The van der Waals surface area contributed by atoms with Gasteiger partial charge in [0.25, 0.3) is 0 Å². The first-order chi connectivity index (χ1) is 14.9. The number of urea groups is 1. The molecule has 0 aromatic heterocycles. The van der Waals surface area contributed by atoms with Crippen molar-refractivity contribution in [1.82, 2.24) is 26.6 Å². The summed E-state index contributed by atoms with van der Waals surface area (Å²) in [7, 11) is 0. The van der Waals surface area contributed by atoms with Crippen LogP contribution in [0.1, 0.15) is 67.7 Å². The highest BCUT2D eigenvalue weighted by molar-refractivity contribution is 5.93. The second-order valence-electron chi connectivity index (χ2n) is 8.98. The second kappa shape index (κ2) is 15.6. The van der Waals surface area contributed by atoms with Gasteiger partial charge in [0.2, 0.25) is 11.8 Å².